The van der Waals surface area contributed by atoms with Crippen LogP contribution >= 0.6 is 50.5 Å². The molecule has 1 N–H and O–H groups in total. The Kier molecular flexibility index (Phi) is 6.25. The maximum atomic E-state index is 13.9. The van der Waals surface area contributed by atoms with Gasteiger partial charge in [-0.15, -0.1) is 34.5 Å². The molecule has 3 aliphatic heterocycles. The molecule has 5 aliphatic rings. The number of hydrogen-bond donors (Lipinski definition) is 1. The van der Waals surface area contributed by atoms with Gasteiger partial charge < -0.3 is 9.84 Å². The lowest BCUT2D eigenvalue weighted by Crippen LogP contribution is -2.61. The number of fused-ring (bicyclic) bond motifs is 5. The van der Waals surface area contributed by atoms with Gasteiger partial charge in [0, 0.05) is 22.8 Å². The molecule has 1 aromatic heterocycles. The molecule has 0 spiro atoms. The van der Waals surface area contributed by atoms with Crippen molar-refractivity contribution in [1.82, 2.24) is 9.80 Å². The van der Waals surface area contributed by atoms with Crippen molar-refractivity contribution in [1.29, 1.82) is 0 Å². The molecule has 1 aromatic carbocycles. The fourth-order valence-corrected chi connectivity index (χ4v) is 9.48. The molecular weight excluding hydrogens is 655 g/mol. The lowest BCUT2D eigenvalue weighted by Gasteiger charge is -2.51. The highest BCUT2D eigenvalue weighted by Gasteiger charge is 2.76. The fourth-order valence-electron chi connectivity index (χ4n) is 7.34. The average molecular weight is 678 g/mol. The molecule has 6 unspecified atom stereocenters. The Hall–Kier alpha value is -2.66. The first kappa shape index (κ1) is 27.2. The van der Waals surface area contributed by atoms with Gasteiger partial charge in [0.15, 0.2) is 9.75 Å². The Morgan fingerprint density at radius 2 is 1.88 bits per heavy atom. The predicted molar refractivity (Wildman–Crippen MR) is 154 cm³/mol. The number of amides is 4. The number of imide groups is 2. The first-order valence-corrected chi connectivity index (χ1v) is 15.9. The molecule has 41 heavy (non-hydrogen) atoms. The van der Waals surface area contributed by atoms with Gasteiger partial charge in [0.05, 0.1) is 30.1 Å². The topological polar surface area (TPSA) is 104 Å². The third-order valence-electron chi connectivity index (χ3n) is 9.15. The number of aromatic hydroxyl groups is 1. The number of thiophene rings is 1. The average Bonchev–Trinajstić information content (AvgIpc) is 3.59. The van der Waals surface area contributed by atoms with Crippen LogP contribution in [0, 0.1) is 23.7 Å². The third kappa shape index (κ3) is 3.63. The smallest absolute Gasteiger partial charge is 0.254 e. The Balaban J connectivity index is 1.34. The number of carbonyl (C=O) groups excluding carboxylic acids is 4. The number of allylic oxidation sites excluding steroid dienone is 3. The van der Waals surface area contributed by atoms with Gasteiger partial charge in [0.25, 0.3) is 11.8 Å². The SMILES string of the molecule is O=C1C2CC=C3C(CC4(Cl)C(=O)N(CBr)C(=O)C4(Cl)C3C3=COc4ccc(O)cc4C3)C2C(=O)N1Cc1cccs1. The minimum atomic E-state index is -1.89. The van der Waals surface area contributed by atoms with Crippen LogP contribution in [0.15, 0.2) is 59.2 Å². The van der Waals surface area contributed by atoms with Gasteiger partial charge in [-0.05, 0) is 54.0 Å². The Morgan fingerprint density at radius 3 is 2.61 bits per heavy atom. The van der Waals surface area contributed by atoms with Crippen LogP contribution in [0.2, 0.25) is 0 Å². The highest BCUT2D eigenvalue weighted by atomic mass is 79.9. The number of hydrogen-bond acceptors (Lipinski definition) is 7. The van der Waals surface area contributed by atoms with Crippen LogP contribution in [0.1, 0.15) is 23.3 Å². The van der Waals surface area contributed by atoms with E-state index in [1.807, 2.05) is 23.6 Å². The van der Waals surface area contributed by atoms with Crippen LogP contribution in [0.25, 0.3) is 0 Å². The van der Waals surface area contributed by atoms with Crippen molar-refractivity contribution in [3.05, 3.63) is 69.6 Å². The van der Waals surface area contributed by atoms with Crippen molar-refractivity contribution in [3.8, 4) is 11.5 Å². The summed E-state index contributed by atoms with van der Waals surface area (Å²) < 4.78 is 5.92. The first-order chi connectivity index (χ1) is 19.6. The summed E-state index contributed by atoms with van der Waals surface area (Å²) >= 11 is 19.2. The van der Waals surface area contributed by atoms with Gasteiger partial charge in [-0.1, -0.05) is 33.6 Å². The van der Waals surface area contributed by atoms with Gasteiger partial charge in [0.2, 0.25) is 11.8 Å². The van der Waals surface area contributed by atoms with E-state index >= 15 is 0 Å². The van der Waals surface area contributed by atoms with E-state index in [0.29, 0.717) is 28.9 Å². The van der Waals surface area contributed by atoms with Crippen LogP contribution in [0.3, 0.4) is 0 Å². The van der Waals surface area contributed by atoms with Crippen molar-refractivity contribution in [2.24, 2.45) is 23.7 Å². The molecular formula is C29H23BrCl2N2O6S. The summed E-state index contributed by atoms with van der Waals surface area (Å²) in [4.78, 5) is 54.6. The molecule has 12 heteroatoms. The molecule has 1 saturated carbocycles. The molecule has 3 fully saturated rings. The molecule has 0 radical (unpaired) electrons. The molecule has 8 nitrogen and oxygen atoms in total. The van der Waals surface area contributed by atoms with E-state index in [1.165, 1.54) is 28.6 Å². The Bertz CT molecular complexity index is 1590. The normalized spacial score (nSPS) is 34.0. The highest BCUT2D eigenvalue weighted by molar-refractivity contribution is 9.09. The summed E-state index contributed by atoms with van der Waals surface area (Å²) in [6.07, 6.45) is 3.95. The molecule has 0 bridgehead atoms. The second-order valence-electron chi connectivity index (χ2n) is 11.1. The number of alkyl halides is 3. The van der Waals surface area contributed by atoms with Gasteiger partial charge in [-0.25, -0.2) is 0 Å². The number of benzene rings is 1. The second kappa shape index (κ2) is 9.42. The van der Waals surface area contributed by atoms with Gasteiger partial charge in [-0.3, -0.25) is 29.0 Å². The van der Waals surface area contributed by atoms with Crippen molar-refractivity contribution >= 4 is 74.1 Å². The monoisotopic (exact) mass is 676 g/mol. The van der Waals surface area contributed by atoms with Crippen LogP contribution in [-0.4, -0.2) is 53.7 Å². The zero-order valence-corrected chi connectivity index (χ0v) is 25.3. The van der Waals surface area contributed by atoms with E-state index < -0.39 is 45.2 Å². The van der Waals surface area contributed by atoms with E-state index in [4.69, 9.17) is 27.9 Å². The molecule has 2 aromatic rings. The zero-order valence-electron chi connectivity index (χ0n) is 21.4. The summed E-state index contributed by atoms with van der Waals surface area (Å²) in [5, 5.41) is 12.0. The number of halogens is 3. The maximum Gasteiger partial charge on any atom is 0.254 e. The summed E-state index contributed by atoms with van der Waals surface area (Å²) in [6, 6.07) is 8.50. The number of nitrogens with zero attached hydrogens (tertiary/aromatic N) is 2. The van der Waals surface area contributed by atoms with Gasteiger partial charge >= 0.3 is 0 Å². The summed E-state index contributed by atoms with van der Waals surface area (Å²) in [6.45, 7) is 0.188. The van der Waals surface area contributed by atoms with Crippen LogP contribution in [0.4, 0.5) is 0 Å². The molecule has 7 rings (SSSR count). The molecule has 4 amide bonds. The quantitative estimate of drug-likeness (QED) is 0.218. The number of likely N-dealkylation sites (tertiary alicyclic amines) is 2. The number of ether oxygens (including phenoxy) is 1. The van der Waals surface area contributed by atoms with Crippen molar-refractivity contribution < 1.29 is 29.0 Å². The second-order valence-corrected chi connectivity index (χ2v) is 13.9. The standard InChI is InChI=1S/C29H23BrCl2N2O6S/c30-13-34-26(38)28(31)10-20-18(4-5-19-22(20)25(37)33(24(19)36)11-17-2-1-7-41-17)23(29(28,32)27(34)39)15-8-14-9-16(35)3-6-21(14)40-12-15/h1-4,6-7,9,12,19-20,22-23,35H,5,8,10-11,13H2. The number of phenolic OH excluding ortho intramolecular Hbond substituents is 1. The van der Waals surface area contributed by atoms with Crippen LogP contribution in [-0.2, 0) is 32.1 Å². The first-order valence-electron chi connectivity index (χ1n) is 13.2. The van der Waals surface area contributed by atoms with E-state index in [-0.39, 0.29) is 42.4 Å². The molecule has 6 atom stereocenters. The van der Waals surface area contributed by atoms with Gasteiger partial charge in [-0.2, -0.15) is 0 Å². The third-order valence-corrected chi connectivity index (χ3v) is 11.9. The largest absolute Gasteiger partial charge is 0.508 e. The Labute approximate surface area is 257 Å². The molecule has 4 heterocycles. The lowest BCUT2D eigenvalue weighted by atomic mass is 9.56. The number of phenols is 1. The summed E-state index contributed by atoms with van der Waals surface area (Å²) in [7, 11) is 0. The molecule has 2 aliphatic carbocycles. The molecule has 2 saturated heterocycles. The minimum Gasteiger partial charge on any atom is -0.508 e. The summed E-state index contributed by atoms with van der Waals surface area (Å²) in [5.41, 5.74) is 1.91. The van der Waals surface area contributed by atoms with Crippen LogP contribution < -0.4 is 4.74 Å². The number of rotatable bonds is 4. The predicted octanol–water partition coefficient (Wildman–Crippen LogP) is 4.72. The van der Waals surface area contributed by atoms with Crippen molar-refractivity contribution in [2.45, 2.75) is 35.6 Å². The van der Waals surface area contributed by atoms with Crippen LogP contribution in [0.5, 0.6) is 11.5 Å². The van der Waals surface area contributed by atoms with E-state index in [9.17, 15) is 24.3 Å². The maximum absolute atomic E-state index is 13.9. The van der Waals surface area contributed by atoms with E-state index in [2.05, 4.69) is 15.9 Å². The molecule has 212 valence electrons. The van der Waals surface area contributed by atoms with Gasteiger partial charge in [0.1, 0.15) is 11.5 Å². The van der Waals surface area contributed by atoms with E-state index in [1.54, 1.807) is 12.1 Å². The zero-order chi connectivity index (χ0) is 28.8. The lowest BCUT2D eigenvalue weighted by molar-refractivity contribution is -0.141. The van der Waals surface area contributed by atoms with Crippen molar-refractivity contribution in [2.75, 3.05) is 5.45 Å². The number of carbonyl (C=O) groups is 4. The van der Waals surface area contributed by atoms with Crippen molar-refractivity contribution in [3.63, 3.8) is 0 Å². The van der Waals surface area contributed by atoms with E-state index in [0.717, 1.165) is 9.78 Å². The summed E-state index contributed by atoms with van der Waals surface area (Å²) in [5.74, 6) is -4.00. The highest BCUT2D eigenvalue weighted by Crippen LogP contribution is 2.64. The minimum absolute atomic E-state index is 0.0561. The fraction of sp³-hybridized carbons (Fsp3) is 0.379. The Morgan fingerprint density at radius 1 is 1.07 bits per heavy atom.